The van der Waals surface area contributed by atoms with Crippen LogP contribution in [0.25, 0.3) is 0 Å². The highest BCUT2D eigenvalue weighted by atomic mass is 27.2. The van der Waals surface area contributed by atoms with E-state index >= 15 is 0 Å². The van der Waals surface area contributed by atoms with Crippen molar-refractivity contribution in [2.45, 2.75) is 6.92 Å². The normalized spacial score (nSPS) is 8.88. The number of hydrogen-bond donors (Lipinski definition) is 0. The molecule has 0 amide bonds. The second-order valence-electron chi connectivity index (χ2n) is 1.41. The highest BCUT2D eigenvalue weighted by molar-refractivity contribution is 6.80. The standard InChI is InChI=1S/C2H3O.2CH3O.Al/c1-2-3;2*1-2;/h1H3;2*1H3;/q;2*-1;+2. The van der Waals surface area contributed by atoms with E-state index in [-0.39, 0.29) is 4.65 Å². The molecule has 46 valence electrons. The molecule has 4 heteroatoms. The summed E-state index contributed by atoms with van der Waals surface area (Å²) in [6, 6.07) is 0. The summed E-state index contributed by atoms with van der Waals surface area (Å²) in [5.41, 5.74) is 0. The van der Waals surface area contributed by atoms with Crippen LogP contribution in [0.5, 0.6) is 0 Å². The van der Waals surface area contributed by atoms with Crippen molar-refractivity contribution in [2.24, 2.45) is 0 Å². The van der Waals surface area contributed by atoms with E-state index in [1.165, 1.54) is 21.1 Å². The van der Waals surface area contributed by atoms with Crippen LogP contribution >= 0.6 is 0 Å². The van der Waals surface area contributed by atoms with E-state index in [0.29, 0.717) is 0 Å². The Kier molecular flexibility index (Phi) is 4.11. The second kappa shape index (κ2) is 4.05. The summed E-state index contributed by atoms with van der Waals surface area (Å²) in [6.45, 7) is 1.48. The van der Waals surface area contributed by atoms with E-state index in [0.717, 1.165) is 0 Å². The Balaban J connectivity index is 3.52. The van der Waals surface area contributed by atoms with Crippen molar-refractivity contribution in [3.8, 4) is 0 Å². The van der Waals surface area contributed by atoms with Gasteiger partial charge in [0.15, 0.2) is 0 Å². The average Bonchev–Trinajstić information content (AvgIpc) is 1.69. The summed E-state index contributed by atoms with van der Waals surface area (Å²) < 4.78 is 9.48. The Morgan fingerprint density at radius 2 is 1.75 bits per heavy atom. The Labute approximate surface area is 53.6 Å². The quantitative estimate of drug-likeness (QED) is 0.503. The third-order valence-electron chi connectivity index (χ3n) is 0.760. The van der Waals surface area contributed by atoms with Crippen LogP contribution in [0.1, 0.15) is 6.92 Å². The molecule has 0 radical (unpaired) electrons. The summed E-state index contributed by atoms with van der Waals surface area (Å²) in [5.74, 6) is 0. The molecule has 0 bridgehead atoms. The highest BCUT2D eigenvalue weighted by Crippen LogP contribution is 1.83. The van der Waals surface area contributed by atoms with Gasteiger partial charge in [0.2, 0.25) is 0 Å². The van der Waals surface area contributed by atoms with Crippen molar-refractivity contribution in [1.29, 1.82) is 0 Å². The van der Waals surface area contributed by atoms with Gasteiger partial charge in [0, 0.05) is 14.2 Å². The van der Waals surface area contributed by atoms with Gasteiger partial charge in [0.05, 0.1) is 0 Å². The third-order valence-corrected chi connectivity index (χ3v) is 2.28. The van der Waals surface area contributed by atoms with Crippen LogP contribution in [0, 0.1) is 0 Å². The first kappa shape index (κ1) is 8.12. The molecule has 0 N–H and O–H groups in total. The van der Waals surface area contributed by atoms with Crippen molar-refractivity contribution < 1.29 is 12.4 Å². The monoisotopic (exact) mass is 132 g/mol. The Morgan fingerprint density at radius 3 is 1.75 bits per heavy atom. The van der Waals surface area contributed by atoms with Crippen LogP contribution in [0.2, 0.25) is 0 Å². The minimum absolute atomic E-state index is 0.0231. The number of carbonyl (C=O) groups excluding carboxylic acids is 1. The lowest BCUT2D eigenvalue weighted by atomic mass is 10.9. The maximum Gasteiger partial charge on any atom is 0.756 e. The van der Waals surface area contributed by atoms with Crippen LogP contribution in [0.4, 0.5) is 0 Å². The van der Waals surface area contributed by atoms with Crippen molar-refractivity contribution in [3.05, 3.63) is 0 Å². The maximum absolute atomic E-state index is 10.4. The molecule has 0 spiro atoms. The van der Waals surface area contributed by atoms with Crippen LogP contribution in [0.15, 0.2) is 0 Å². The third kappa shape index (κ3) is 2.44. The van der Waals surface area contributed by atoms with Gasteiger partial charge in [0.1, 0.15) is 4.65 Å². The smallest absolute Gasteiger partial charge is 0.476 e. The van der Waals surface area contributed by atoms with E-state index in [4.69, 9.17) is 7.58 Å². The Bertz CT molecular complexity index is 79.4. The topological polar surface area (TPSA) is 35.5 Å². The summed E-state index contributed by atoms with van der Waals surface area (Å²) in [6.07, 6.45) is 0. The zero-order valence-electron chi connectivity index (χ0n) is 5.30. The first-order valence-electron chi connectivity index (χ1n) is 2.28. The van der Waals surface area contributed by atoms with Gasteiger partial charge in [0.25, 0.3) is 0 Å². The molecule has 3 nitrogen and oxygen atoms in total. The fourth-order valence-electron chi connectivity index (χ4n) is 0.428. The largest absolute Gasteiger partial charge is 0.756 e. The number of carbonyl (C=O) groups is 1. The van der Waals surface area contributed by atoms with E-state index in [9.17, 15) is 4.79 Å². The summed E-state index contributed by atoms with van der Waals surface area (Å²) in [7, 11) is 2.98. The summed E-state index contributed by atoms with van der Waals surface area (Å²) in [4.78, 5) is 10.4. The van der Waals surface area contributed by atoms with E-state index in [1.54, 1.807) is 0 Å². The SMILES string of the molecule is C[O][Al]([O]C)[C](C)=O. The first-order chi connectivity index (χ1) is 3.72. The first-order valence-corrected chi connectivity index (χ1v) is 3.80. The van der Waals surface area contributed by atoms with Crippen molar-refractivity contribution in [2.75, 3.05) is 14.2 Å². The molecule has 0 aromatic carbocycles. The molecular weight excluding hydrogens is 123 g/mol. The van der Waals surface area contributed by atoms with Gasteiger partial charge in [-0.1, -0.05) is 0 Å². The molecule has 0 aliphatic heterocycles. The molecule has 0 aromatic heterocycles. The maximum atomic E-state index is 10.4. The zero-order chi connectivity index (χ0) is 6.57. The van der Waals surface area contributed by atoms with Crippen LogP contribution in [-0.4, -0.2) is 33.7 Å². The molecule has 0 rings (SSSR count). The lowest BCUT2D eigenvalue weighted by molar-refractivity contribution is -0.112. The average molecular weight is 132 g/mol. The van der Waals surface area contributed by atoms with E-state index < -0.39 is 14.8 Å². The van der Waals surface area contributed by atoms with E-state index in [1.807, 2.05) is 0 Å². The van der Waals surface area contributed by atoms with Gasteiger partial charge in [-0.2, -0.15) is 0 Å². The van der Waals surface area contributed by atoms with Gasteiger partial charge in [-0.25, -0.2) is 0 Å². The van der Waals surface area contributed by atoms with Crippen molar-refractivity contribution >= 4 is 19.5 Å². The highest BCUT2D eigenvalue weighted by Gasteiger charge is 2.28. The summed E-state index contributed by atoms with van der Waals surface area (Å²) >= 11 is -1.90. The molecule has 0 saturated heterocycles. The molecule has 0 aliphatic rings. The lowest BCUT2D eigenvalue weighted by Gasteiger charge is -1.99. The minimum Gasteiger partial charge on any atom is -0.476 e. The fourth-order valence-corrected chi connectivity index (χ4v) is 1.28. The number of rotatable bonds is 3. The molecule has 8 heavy (non-hydrogen) atoms. The molecule has 0 unspecified atom stereocenters. The lowest BCUT2D eigenvalue weighted by Crippen LogP contribution is -2.28. The predicted molar refractivity (Wildman–Crippen MR) is 30.5 cm³/mol. The van der Waals surface area contributed by atoms with Gasteiger partial charge >= 0.3 is 14.8 Å². The molecular formula is C4H9AlO3. The molecule has 0 aliphatic carbocycles. The number of hydrogen-bond acceptors (Lipinski definition) is 3. The van der Waals surface area contributed by atoms with Gasteiger partial charge in [-0.3, -0.25) is 0 Å². The van der Waals surface area contributed by atoms with Gasteiger partial charge in [-0.15, -0.1) is 0 Å². The summed E-state index contributed by atoms with van der Waals surface area (Å²) in [5, 5.41) is 0. The van der Waals surface area contributed by atoms with Crippen molar-refractivity contribution in [3.63, 3.8) is 0 Å². The van der Waals surface area contributed by atoms with E-state index in [2.05, 4.69) is 0 Å². The van der Waals surface area contributed by atoms with Crippen molar-refractivity contribution in [1.82, 2.24) is 0 Å². The molecule has 0 fully saturated rings. The van der Waals surface area contributed by atoms with Crippen LogP contribution < -0.4 is 0 Å². The molecule has 0 heterocycles. The van der Waals surface area contributed by atoms with Gasteiger partial charge in [-0.05, 0) is 6.92 Å². The van der Waals surface area contributed by atoms with Gasteiger partial charge < -0.3 is 12.4 Å². The van der Waals surface area contributed by atoms with Crippen LogP contribution in [0.3, 0.4) is 0 Å². The molecule has 0 saturated carbocycles. The fraction of sp³-hybridized carbons (Fsp3) is 0.750. The second-order valence-corrected chi connectivity index (χ2v) is 3.83. The van der Waals surface area contributed by atoms with Crippen LogP contribution in [-0.2, 0) is 12.4 Å². The zero-order valence-corrected chi connectivity index (χ0v) is 6.46. The molecule has 0 atom stereocenters. The minimum atomic E-state index is -1.90. The Morgan fingerprint density at radius 1 is 1.38 bits per heavy atom. The molecule has 0 aromatic rings. The Hall–Kier alpha value is 0.122. The predicted octanol–water partition coefficient (Wildman–Crippen LogP) is -0.104.